The van der Waals surface area contributed by atoms with Gasteiger partial charge in [0.25, 0.3) is 6.43 Å². The zero-order valence-corrected chi connectivity index (χ0v) is 10.8. The highest BCUT2D eigenvalue weighted by atomic mass is 32.2. The first-order chi connectivity index (χ1) is 8.37. The Morgan fingerprint density at radius 3 is 2.28 bits per heavy atom. The third kappa shape index (κ3) is 2.40. The normalized spacial score (nSPS) is 18.0. The highest BCUT2D eigenvalue weighted by molar-refractivity contribution is 7.91. The molecule has 1 aliphatic carbocycles. The minimum Gasteiger partial charge on any atom is -0.212 e. The molecule has 1 aliphatic rings. The topological polar surface area (TPSA) is 46.2 Å². The Hall–Kier alpha value is -1.01. The van der Waals surface area contributed by atoms with Gasteiger partial charge in [0.2, 0.25) is 10.0 Å². The maximum atomic E-state index is 12.7. The molecular formula is C12H15F2NO2S. The van der Waals surface area contributed by atoms with E-state index < -0.39 is 21.2 Å². The predicted octanol–water partition coefficient (Wildman–Crippen LogP) is 2.21. The molecule has 1 aromatic carbocycles. The summed E-state index contributed by atoms with van der Waals surface area (Å²) < 4.78 is 49.5. The fourth-order valence-corrected chi connectivity index (χ4v) is 3.27. The molecule has 2 rings (SSSR count). The van der Waals surface area contributed by atoms with Crippen LogP contribution in [0.25, 0.3) is 0 Å². The van der Waals surface area contributed by atoms with Crippen LogP contribution in [0.15, 0.2) is 24.3 Å². The highest BCUT2D eigenvalue weighted by Crippen LogP contribution is 2.47. The lowest BCUT2D eigenvalue weighted by molar-refractivity contribution is 0.132. The van der Waals surface area contributed by atoms with E-state index in [0.29, 0.717) is 0 Å². The van der Waals surface area contributed by atoms with Crippen molar-refractivity contribution in [2.75, 3.05) is 0 Å². The van der Waals surface area contributed by atoms with Crippen LogP contribution in [-0.4, -0.2) is 19.6 Å². The van der Waals surface area contributed by atoms with Gasteiger partial charge in [-0.1, -0.05) is 29.8 Å². The number of hydrogen-bond donors (Lipinski definition) is 1. The summed E-state index contributed by atoms with van der Waals surface area (Å²) in [5.74, 6) is 0. The standard InChI is InChI=1S/C12H15F2NO2S/c1-9-2-4-10(5-3-9)8-15-18(16,17)12(6-7-12)11(13)14/h2-5,11,15H,6-8H2,1H3. The fraction of sp³-hybridized carbons (Fsp3) is 0.500. The van der Waals surface area contributed by atoms with E-state index in [4.69, 9.17) is 0 Å². The maximum absolute atomic E-state index is 12.7. The summed E-state index contributed by atoms with van der Waals surface area (Å²) in [6, 6.07) is 7.26. The van der Waals surface area contributed by atoms with Crippen molar-refractivity contribution in [3.8, 4) is 0 Å². The van der Waals surface area contributed by atoms with E-state index in [1.54, 1.807) is 12.1 Å². The first-order valence-electron chi connectivity index (χ1n) is 5.70. The van der Waals surface area contributed by atoms with Gasteiger partial charge < -0.3 is 0 Å². The van der Waals surface area contributed by atoms with Gasteiger partial charge in [0.1, 0.15) is 4.75 Å². The van der Waals surface area contributed by atoms with Crippen LogP contribution < -0.4 is 4.72 Å². The number of hydrogen-bond acceptors (Lipinski definition) is 2. The van der Waals surface area contributed by atoms with Crippen molar-refractivity contribution in [2.45, 2.75) is 37.5 Å². The molecule has 1 saturated carbocycles. The number of aryl methyl sites for hydroxylation is 1. The molecule has 1 fully saturated rings. The molecular weight excluding hydrogens is 260 g/mol. The monoisotopic (exact) mass is 275 g/mol. The van der Waals surface area contributed by atoms with E-state index in [0.717, 1.165) is 11.1 Å². The van der Waals surface area contributed by atoms with E-state index in [1.165, 1.54) is 0 Å². The molecule has 0 heterocycles. The van der Waals surface area contributed by atoms with Crippen molar-refractivity contribution in [1.29, 1.82) is 0 Å². The van der Waals surface area contributed by atoms with Crippen molar-refractivity contribution < 1.29 is 17.2 Å². The van der Waals surface area contributed by atoms with Gasteiger partial charge in [-0.15, -0.1) is 0 Å². The van der Waals surface area contributed by atoms with E-state index in [-0.39, 0.29) is 19.4 Å². The van der Waals surface area contributed by atoms with Crippen LogP contribution in [0.1, 0.15) is 24.0 Å². The van der Waals surface area contributed by atoms with E-state index >= 15 is 0 Å². The SMILES string of the molecule is Cc1ccc(CNS(=O)(=O)C2(C(F)F)CC2)cc1. The molecule has 0 spiro atoms. The molecule has 1 N–H and O–H groups in total. The Morgan fingerprint density at radius 2 is 1.83 bits per heavy atom. The molecule has 0 amide bonds. The van der Waals surface area contributed by atoms with Crippen LogP contribution in [0, 0.1) is 6.92 Å². The second-order valence-electron chi connectivity index (χ2n) is 4.68. The predicted molar refractivity (Wildman–Crippen MR) is 64.9 cm³/mol. The molecule has 0 bridgehead atoms. The lowest BCUT2D eigenvalue weighted by Crippen LogP contribution is -2.40. The molecule has 0 aromatic heterocycles. The Bertz CT molecular complexity index is 522. The van der Waals surface area contributed by atoms with Crippen LogP contribution in [-0.2, 0) is 16.6 Å². The Morgan fingerprint density at radius 1 is 1.28 bits per heavy atom. The second-order valence-corrected chi connectivity index (χ2v) is 6.78. The average Bonchev–Trinajstić information content (AvgIpc) is 3.09. The Balaban J connectivity index is 2.04. The summed E-state index contributed by atoms with van der Waals surface area (Å²) in [4.78, 5) is 0. The molecule has 0 atom stereocenters. The van der Waals surface area contributed by atoms with Crippen LogP contribution in [0.3, 0.4) is 0 Å². The largest absolute Gasteiger partial charge is 0.259 e. The van der Waals surface area contributed by atoms with Gasteiger partial charge in [0.05, 0.1) is 0 Å². The second kappa shape index (κ2) is 4.59. The van der Waals surface area contributed by atoms with Gasteiger partial charge in [0, 0.05) is 6.54 Å². The van der Waals surface area contributed by atoms with Crippen molar-refractivity contribution in [3.05, 3.63) is 35.4 Å². The lowest BCUT2D eigenvalue weighted by Gasteiger charge is -2.16. The van der Waals surface area contributed by atoms with E-state index in [1.807, 2.05) is 19.1 Å². The Kier molecular flexibility index (Phi) is 3.42. The Labute approximate surface area is 105 Å². The summed E-state index contributed by atoms with van der Waals surface area (Å²) in [6.07, 6.45) is -2.75. The highest BCUT2D eigenvalue weighted by Gasteiger charge is 2.61. The van der Waals surface area contributed by atoms with Crippen LogP contribution in [0.2, 0.25) is 0 Å². The van der Waals surface area contributed by atoms with Crippen molar-refractivity contribution in [2.24, 2.45) is 0 Å². The first kappa shape index (κ1) is 13.4. The van der Waals surface area contributed by atoms with Gasteiger partial charge in [-0.25, -0.2) is 21.9 Å². The van der Waals surface area contributed by atoms with Crippen LogP contribution >= 0.6 is 0 Å². The summed E-state index contributed by atoms with van der Waals surface area (Å²) in [6.45, 7) is 1.97. The van der Waals surface area contributed by atoms with Gasteiger partial charge >= 0.3 is 0 Å². The lowest BCUT2D eigenvalue weighted by atomic mass is 10.2. The van der Waals surface area contributed by atoms with Gasteiger partial charge in [-0.05, 0) is 25.3 Å². The number of alkyl halides is 2. The number of nitrogens with one attached hydrogen (secondary N) is 1. The zero-order chi connectivity index (χ0) is 13.4. The van der Waals surface area contributed by atoms with Crippen molar-refractivity contribution in [1.82, 2.24) is 4.72 Å². The quantitative estimate of drug-likeness (QED) is 0.895. The van der Waals surface area contributed by atoms with E-state index in [9.17, 15) is 17.2 Å². The number of benzene rings is 1. The summed E-state index contributed by atoms with van der Waals surface area (Å²) >= 11 is 0. The molecule has 0 unspecified atom stereocenters. The number of sulfonamides is 1. The van der Waals surface area contributed by atoms with Gasteiger partial charge in [-0.2, -0.15) is 0 Å². The molecule has 18 heavy (non-hydrogen) atoms. The molecule has 1 aromatic rings. The minimum atomic E-state index is -3.96. The van der Waals surface area contributed by atoms with Gasteiger partial charge in [-0.3, -0.25) is 0 Å². The number of halogens is 2. The minimum absolute atomic E-state index is 0.0356. The molecule has 100 valence electrons. The molecule has 0 saturated heterocycles. The van der Waals surface area contributed by atoms with Gasteiger partial charge in [0.15, 0.2) is 0 Å². The average molecular weight is 275 g/mol. The zero-order valence-electron chi connectivity index (χ0n) is 9.99. The first-order valence-corrected chi connectivity index (χ1v) is 7.19. The number of rotatable bonds is 5. The van der Waals surface area contributed by atoms with Crippen LogP contribution in [0.5, 0.6) is 0 Å². The molecule has 6 heteroatoms. The summed E-state index contributed by atoms with van der Waals surface area (Å²) in [7, 11) is -3.96. The molecule has 0 aliphatic heterocycles. The smallest absolute Gasteiger partial charge is 0.212 e. The summed E-state index contributed by atoms with van der Waals surface area (Å²) in [5, 5.41) is 0. The molecule has 0 radical (unpaired) electrons. The maximum Gasteiger partial charge on any atom is 0.259 e. The third-order valence-corrected chi connectivity index (χ3v) is 5.44. The van der Waals surface area contributed by atoms with E-state index in [2.05, 4.69) is 4.72 Å². The fourth-order valence-electron chi connectivity index (χ4n) is 1.76. The third-order valence-electron chi connectivity index (χ3n) is 3.26. The van der Waals surface area contributed by atoms with Crippen LogP contribution in [0.4, 0.5) is 8.78 Å². The molecule has 3 nitrogen and oxygen atoms in total. The summed E-state index contributed by atoms with van der Waals surface area (Å²) in [5.41, 5.74) is 1.82. The van der Waals surface area contributed by atoms with Crippen molar-refractivity contribution in [3.63, 3.8) is 0 Å². The van der Waals surface area contributed by atoms with Crippen molar-refractivity contribution >= 4 is 10.0 Å².